The molecule has 2 aromatic carbocycles. The molecule has 7 nitrogen and oxygen atoms in total. The molecule has 0 aliphatic carbocycles. The highest BCUT2D eigenvalue weighted by Crippen LogP contribution is 2.24. The highest BCUT2D eigenvalue weighted by molar-refractivity contribution is 7.99. The Morgan fingerprint density at radius 3 is 2.65 bits per heavy atom. The molecule has 2 heterocycles. The Morgan fingerprint density at radius 1 is 1.06 bits per heavy atom. The molecular formula is C23H27N5O2S. The van der Waals surface area contributed by atoms with Crippen LogP contribution < -0.4 is 10.1 Å². The third-order valence-corrected chi connectivity index (χ3v) is 6.14. The number of aromatic nitrogens is 3. The fraction of sp³-hybridized carbons (Fsp3) is 0.348. The van der Waals surface area contributed by atoms with Gasteiger partial charge < -0.3 is 10.1 Å². The minimum absolute atomic E-state index is 0.0987. The first-order valence-corrected chi connectivity index (χ1v) is 11.5. The first-order valence-electron chi connectivity index (χ1n) is 10.5. The number of thioether (sulfide) groups is 1. The van der Waals surface area contributed by atoms with Crippen molar-refractivity contribution in [3.8, 4) is 11.4 Å². The van der Waals surface area contributed by atoms with E-state index in [1.54, 1.807) is 13.2 Å². The smallest absolute Gasteiger partial charge is 0.234 e. The summed E-state index contributed by atoms with van der Waals surface area (Å²) in [6.45, 7) is 2.94. The summed E-state index contributed by atoms with van der Waals surface area (Å²) >= 11 is 1.39. The van der Waals surface area contributed by atoms with Gasteiger partial charge in [0.15, 0.2) is 11.0 Å². The van der Waals surface area contributed by atoms with E-state index in [-0.39, 0.29) is 11.7 Å². The molecule has 0 bridgehead atoms. The van der Waals surface area contributed by atoms with Gasteiger partial charge >= 0.3 is 0 Å². The Bertz CT molecular complexity index is 1000. The number of ether oxygens (including phenoxy) is 1. The number of carbonyl (C=O) groups is 1. The lowest BCUT2D eigenvalue weighted by Gasteiger charge is -2.26. The van der Waals surface area contributed by atoms with Crippen LogP contribution in [0.25, 0.3) is 5.69 Å². The number of para-hydroxylation sites is 1. The number of carbonyl (C=O) groups excluding carboxylic acids is 1. The van der Waals surface area contributed by atoms with E-state index < -0.39 is 0 Å². The maximum atomic E-state index is 12.5. The summed E-state index contributed by atoms with van der Waals surface area (Å²) in [5.41, 5.74) is 1.72. The normalized spacial score (nSPS) is 14.4. The summed E-state index contributed by atoms with van der Waals surface area (Å²) in [6.07, 6.45) is 3.75. The van der Waals surface area contributed by atoms with Gasteiger partial charge in [-0.3, -0.25) is 14.3 Å². The van der Waals surface area contributed by atoms with E-state index in [2.05, 4.69) is 25.0 Å². The number of likely N-dealkylation sites (tertiary alicyclic amines) is 1. The first-order chi connectivity index (χ1) is 15.2. The molecule has 162 valence electrons. The van der Waals surface area contributed by atoms with Gasteiger partial charge in [-0.25, -0.2) is 0 Å². The molecule has 4 rings (SSSR count). The number of piperidine rings is 1. The maximum Gasteiger partial charge on any atom is 0.234 e. The molecule has 0 radical (unpaired) electrons. The third-order valence-electron chi connectivity index (χ3n) is 5.21. The molecule has 1 aliphatic rings. The summed E-state index contributed by atoms with van der Waals surface area (Å²) in [7, 11) is 1.61. The highest BCUT2D eigenvalue weighted by Gasteiger charge is 2.19. The van der Waals surface area contributed by atoms with E-state index in [0.717, 1.165) is 36.3 Å². The standard InChI is InChI=1S/C23H27N5O2S/c1-30-20-12-8-9-18(15-20)24-22(29)17-31-23-26-25-21(16-27-13-6-3-7-14-27)28(23)19-10-4-2-5-11-19/h2,4-5,8-12,15H,3,6-7,13-14,16-17H2,1H3,(H,24,29). The molecule has 8 heteroatoms. The minimum atomic E-state index is -0.0987. The summed E-state index contributed by atoms with van der Waals surface area (Å²) in [5.74, 6) is 1.75. The van der Waals surface area contributed by atoms with Crippen LogP contribution in [0, 0.1) is 0 Å². The quantitative estimate of drug-likeness (QED) is 0.537. The molecule has 0 saturated carbocycles. The predicted octanol–water partition coefficient (Wildman–Crippen LogP) is 3.99. The number of anilines is 1. The first kappa shape index (κ1) is 21.4. The van der Waals surface area contributed by atoms with E-state index in [0.29, 0.717) is 11.4 Å². The van der Waals surface area contributed by atoms with E-state index in [9.17, 15) is 4.79 Å². The van der Waals surface area contributed by atoms with E-state index in [1.165, 1.54) is 31.0 Å². The molecule has 1 saturated heterocycles. The number of benzene rings is 2. The van der Waals surface area contributed by atoms with Crippen molar-refractivity contribution in [2.75, 3.05) is 31.3 Å². The minimum Gasteiger partial charge on any atom is -0.497 e. The van der Waals surface area contributed by atoms with Crippen molar-refractivity contribution < 1.29 is 9.53 Å². The molecule has 0 atom stereocenters. The van der Waals surface area contributed by atoms with Gasteiger partial charge in [-0.1, -0.05) is 42.4 Å². The SMILES string of the molecule is COc1cccc(NC(=O)CSc2nnc(CN3CCCCC3)n2-c2ccccc2)c1. The number of hydrogen-bond donors (Lipinski definition) is 1. The molecule has 1 N–H and O–H groups in total. The zero-order chi connectivity index (χ0) is 21.5. The Morgan fingerprint density at radius 2 is 1.87 bits per heavy atom. The molecule has 0 unspecified atom stereocenters. The van der Waals surface area contributed by atoms with Crippen molar-refractivity contribution >= 4 is 23.4 Å². The number of amides is 1. The zero-order valence-electron chi connectivity index (χ0n) is 17.7. The molecular weight excluding hydrogens is 410 g/mol. The maximum absolute atomic E-state index is 12.5. The van der Waals surface area contributed by atoms with Gasteiger partial charge in [0.2, 0.25) is 5.91 Å². The lowest BCUT2D eigenvalue weighted by atomic mass is 10.1. The number of nitrogens with zero attached hydrogens (tertiary/aromatic N) is 4. The van der Waals surface area contributed by atoms with Crippen molar-refractivity contribution in [3.63, 3.8) is 0 Å². The van der Waals surface area contributed by atoms with Crippen molar-refractivity contribution in [2.24, 2.45) is 0 Å². The van der Waals surface area contributed by atoms with Gasteiger partial charge in [0, 0.05) is 17.4 Å². The van der Waals surface area contributed by atoms with Crippen molar-refractivity contribution in [1.82, 2.24) is 19.7 Å². The zero-order valence-corrected chi connectivity index (χ0v) is 18.5. The molecule has 31 heavy (non-hydrogen) atoms. The van der Waals surface area contributed by atoms with Crippen molar-refractivity contribution in [3.05, 3.63) is 60.4 Å². The Kier molecular flexibility index (Phi) is 7.22. The van der Waals surface area contributed by atoms with Gasteiger partial charge in [-0.05, 0) is 50.2 Å². The van der Waals surface area contributed by atoms with Crippen LogP contribution in [0.4, 0.5) is 5.69 Å². The van der Waals surface area contributed by atoms with Crippen LogP contribution >= 0.6 is 11.8 Å². The van der Waals surface area contributed by atoms with Crippen LogP contribution in [-0.2, 0) is 11.3 Å². The summed E-state index contributed by atoms with van der Waals surface area (Å²) < 4.78 is 7.28. The van der Waals surface area contributed by atoms with Gasteiger partial charge in [-0.2, -0.15) is 0 Å². The van der Waals surface area contributed by atoms with Crippen LogP contribution in [0.3, 0.4) is 0 Å². The van der Waals surface area contributed by atoms with Crippen molar-refractivity contribution in [2.45, 2.75) is 31.0 Å². The van der Waals surface area contributed by atoms with Crippen LogP contribution in [0.15, 0.2) is 59.8 Å². The second-order valence-corrected chi connectivity index (χ2v) is 8.42. The van der Waals surface area contributed by atoms with Gasteiger partial charge in [-0.15, -0.1) is 10.2 Å². The number of nitrogens with one attached hydrogen (secondary N) is 1. The third kappa shape index (κ3) is 5.65. The van der Waals surface area contributed by atoms with Gasteiger partial charge in [0.1, 0.15) is 5.75 Å². The largest absolute Gasteiger partial charge is 0.497 e. The average Bonchev–Trinajstić information content (AvgIpc) is 3.21. The molecule has 1 aliphatic heterocycles. The van der Waals surface area contributed by atoms with Crippen LogP contribution in [0.5, 0.6) is 5.75 Å². The predicted molar refractivity (Wildman–Crippen MR) is 123 cm³/mol. The molecule has 1 aromatic heterocycles. The Balaban J connectivity index is 1.47. The Labute approximate surface area is 186 Å². The lowest BCUT2D eigenvalue weighted by molar-refractivity contribution is -0.113. The van der Waals surface area contributed by atoms with E-state index in [1.807, 2.05) is 48.5 Å². The second-order valence-electron chi connectivity index (χ2n) is 7.48. The molecule has 1 amide bonds. The lowest BCUT2D eigenvalue weighted by Crippen LogP contribution is -2.30. The van der Waals surface area contributed by atoms with E-state index >= 15 is 0 Å². The summed E-state index contributed by atoms with van der Waals surface area (Å²) in [4.78, 5) is 14.9. The van der Waals surface area contributed by atoms with Crippen LogP contribution in [-0.4, -0.2) is 51.5 Å². The molecule has 0 spiro atoms. The number of hydrogen-bond acceptors (Lipinski definition) is 6. The second kappa shape index (κ2) is 10.5. The van der Waals surface area contributed by atoms with E-state index in [4.69, 9.17) is 4.74 Å². The monoisotopic (exact) mass is 437 g/mol. The fourth-order valence-electron chi connectivity index (χ4n) is 3.68. The average molecular weight is 438 g/mol. The van der Waals surface area contributed by atoms with Gasteiger partial charge in [0.05, 0.1) is 19.4 Å². The molecule has 3 aromatic rings. The number of rotatable bonds is 8. The van der Waals surface area contributed by atoms with Crippen LogP contribution in [0.1, 0.15) is 25.1 Å². The topological polar surface area (TPSA) is 72.3 Å². The summed E-state index contributed by atoms with van der Waals surface area (Å²) in [5, 5.41) is 12.5. The highest BCUT2D eigenvalue weighted by atomic mass is 32.2. The molecule has 1 fully saturated rings. The fourth-order valence-corrected chi connectivity index (χ4v) is 4.45. The Hall–Kier alpha value is -2.84. The van der Waals surface area contributed by atoms with Crippen LogP contribution in [0.2, 0.25) is 0 Å². The summed E-state index contributed by atoms with van der Waals surface area (Å²) in [6, 6.07) is 17.4. The van der Waals surface area contributed by atoms with Gasteiger partial charge in [0.25, 0.3) is 0 Å². The van der Waals surface area contributed by atoms with Crippen molar-refractivity contribution in [1.29, 1.82) is 0 Å². The number of methoxy groups -OCH3 is 1.